The fourth-order valence-corrected chi connectivity index (χ4v) is 5.82. The van der Waals surface area contributed by atoms with Gasteiger partial charge in [0.25, 0.3) is 0 Å². The Morgan fingerprint density at radius 1 is 0.611 bits per heavy atom. The van der Waals surface area contributed by atoms with E-state index in [-0.39, 0.29) is 19.2 Å². The first kappa shape index (κ1) is 49.6. The van der Waals surface area contributed by atoms with E-state index in [0.29, 0.717) is 13.0 Å². The van der Waals surface area contributed by atoms with E-state index in [2.05, 4.69) is 86.8 Å². The Balaban J connectivity index is 2.34. The van der Waals surface area contributed by atoms with Crippen LogP contribution < -0.4 is 0 Å². The van der Waals surface area contributed by atoms with E-state index in [1.807, 2.05) is 0 Å². The molecule has 6 atom stereocenters. The van der Waals surface area contributed by atoms with Crippen LogP contribution in [0.1, 0.15) is 142 Å². The average Bonchev–Trinajstić information content (AvgIpc) is 3.17. The summed E-state index contributed by atoms with van der Waals surface area (Å²) in [5, 5.41) is 40.0. The summed E-state index contributed by atoms with van der Waals surface area (Å²) in [4.78, 5) is 12.7. The van der Waals surface area contributed by atoms with E-state index in [9.17, 15) is 25.2 Å². The van der Waals surface area contributed by atoms with Crippen LogP contribution in [0.4, 0.5) is 0 Å². The zero-order valence-electron chi connectivity index (χ0n) is 33.7. The summed E-state index contributed by atoms with van der Waals surface area (Å²) >= 11 is 0. The average molecular weight is 761 g/mol. The molecule has 0 bridgehead atoms. The molecule has 9 nitrogen and oxygen atoms in total. The molecule has 0 aromatic carbocycles. The van der Waals surface area contributed by atoms with Crippen molar-refractivity contribution in [2.45, 2.75) is 179 Å². The summed E-state index contributed by atoms with van der Waals surface area (Å²) in [6.07, 6.45) is 39.3. The Labute approximate surface area is 327 Å². The fraction of sp³-hybridized carbons (Fsp3) is 0.711. The molecule has 6 unspecified atom stereocenters. The van der Waals surface area contributed by atoms with Gasteiger partial charge in [0, 0.05) is 13.0 Å². The van der Waals surface area contributed by atoms with Crippen LogP contribution in [-0.4, -0.2) is 89.6 Å². The topological polar surface area (TPSA) is 135 Å². The number of carbonyl (C=O) groups is 1. The third-order valence-electron chi connectivity index (χ3n) is 9.11. The Kier molecular flexibility index (Phi) is 33.4. The van der Waals surface area contributed by atoms with Crippen molar-refractivity contribution in [3.8, 4) is 0 Å². The maximum atomic E-state index is 12.7. The number of hydrogen-bond donors (Lipinski definition) is 4. The molecule has 0 aliphatic carbocycles. The minimum absolute atomic E-state index is 0.0995. The quantitative estimate of drug-likeness (QED) is 0.0288. The van der Waals surface area contributed by atoms with Crippen LogP contribution in [0.3, 0.4) is 0 Å². The van der Waals surface area contributed by atoms with Gasteiger partial charge in [-0.25, -0.2) is 0 Å². The number of ether oxygens (including phenoxy) is 4. The van der Waals surface area contributed by atoms with Crippen LogP contribution in [0.5, 0.6) is 0 Å². The lowest BCUT2D eigenvalue weighted by Gasteiger charge is -2.39. The van der Waals surface area contributed by atoms with Gasteiger partial charge in [0.05, 0.1) is 19.8 Å². The van der Waals surface area contributed by atoms with E-state index in [4.69, 9.17) is 18.9 Å². The van der Waals surface area contributed by atoms with Gasteiger partial charge < -0.3 is 39.4 Å². The highest BCUT2D eigenvalue weighted by Crippen LogP contribution is 2.22. The van der Waals surface area contributed by atoms with E-state index < -0.39 is 43.4 Å². The predicted molar refractivity (Wildman–Crippen MR) is 219 cm³/mol. The predicted octanol–water partition coefficient (Wildman–Crippen LogP) is 8.91. The molecule has 1 saturated heterocycles. The highest BCUT2D eigenvalue weighted by atomic mass is 16.7. The number of carbonyl (C=O) groups excluding carboxylic acids is 1. The third kappa shape index (κ3) is 27.2. The van der Waals surface area contributed by atoms with Crippen LogP contribution in [-0.2, 0) is 23.7 Å². The zero-order valence-corrected chi connectivity index (χ0v) is 33.7. The van der Waals surface area contributed by atoms with Crippen molar-refractivity contribution >= 4 is 5.97 Å². The lowest BCUT2D eigenvalue weighted by molar-refractivity contribution is -0.305. The van der Waals surface area contributed by atoms with Crippen molar-refractivity contribution in [3.63, 3.8) is 0 Å². The second kappa shape index (κ2) is 36.3. The number of rotatable bonds is 34. The Bertz CT molecular complexity index is 1050. The van der Waals surface area contributed by atoms with Gasteiger partial charge in [-0.2, -0.15) is 0 Å². The summed E-state index contributed by atoms with van der Waals surface area (Å²) < 4.78 is 22.7. The minimum atomic E-state index is -1.55. The molecule has 0 spiro atoms. The number of unbranched alkanes of at least 4 members (excludes halogenated alkanes) is 11. The molecule has 1 aliphatic rings. The van der Waals surface area contributed by atoms with Gasteiger partial charge >= 0.3 is 5.97 Å². The molecule has 0 radical (unpaired) electrons. The molecule has 1 fully saturated rings. The Morgan fingerprint density at radius 2 is 1.13 bits per heavy atom. The van der Waals surface area contributed by atoms with Crippen molar-refractivity contribution in [1.82, 2.24) is 0 Å². The van der Waals surface area contributed by atoms with Gasteiger partial charge in [0.15, 0.2) is 6.29 Å². The molecule has 1 rings (SSSR count). The molecule has 0 amide bonds. The number of hydrogen-bond acceptors (Lipinski definition) is 9. The van der Waals surface area contributed by atoms with E-state index in [1.54, 1.807) is 0 Å². The summed E-state index contributed by atoms with van der Waals surface area (Å²) in [5.74, 6) is -0.344. The maximum absolute atomic E-state index is 12.7. The van der Waals surface area contributed by atoms with E-state index in [0.717, 1.165) is 77.0 Å². The molecule has 4 N–H and O–H groups in total. The molecule has 9 heteroatoms. The molecule has 1 aliphatic heterocycles. The summed E-state index contributed by atoms with van der Waals surface area (Å²) in [6.45, 7) is 4.24. The van der Waals surface area contributed by atoms with Gasteiger partial charge in [-0.05, 0) is 77.0 Å². The van der Waals surface area contributed by atoms with Crippen LogP contribution in [0.2, 0.25) is 0 Å². The molecule has 1 heterocycles. The highest BCUT2D eigenvalue weighted by Gasteiger charge is 2.44. The van der Waals surface area contributed by atoms with Crippen molar-refractivity contribution in [1.29, 1.82) is 0 Å². The highest BCUT2D eigenvalue weighted by molar-refractivity contribution is 5.69. The molecule has 310 valence electrons. The van der Waals surface area contributed by atoms with Gasteiger partial charge in [-0.15, -0.1) is 0 Å². The van der Waals surface area contributed by atoms with Crippen LogP contribution in [0.15, 0.2) is 72.9 Å². The largest absolute Gasteiger partial charge is 0.457 e. The lowest BCUT2D eigenvalue weighted by Crippen LogP contribution is -2.59. The van der Waals surface area contributed by atoms with Crippen LogP contribution in [0, 0.1) is 0 Å². The molecule has 0 saturated carbocycles. The molecule has 0 aromatic rings. The van der Waals surface area contributed by atoms with E-state index in [1.165, 1.54) is 44.9 Å². The van der Waals surface area contributed by atoms with Crippen molar-refractivity contribution in [2.75, 3.05) is 26.4 Å². The molecule has 0 aromatic heterocycles. The first-order valence-electron chi connectivity index (χ1n) is 21.0. The summed E-state index contributed by atoms with van der Waals surface area (Å²) in [7, 11) is 0. The first-order chi connectivity index (χ1) is 26.4. The van der Waals surface area contributed by atoms with E-state index >= 15 is 0 Å². The minimum Gasteiger partial charge on any atom is -0.457 e. The second-order valence-corrected chi connectivity index (χ2v) is 14.0. The monoisotopic (exact) mass is 761 g/mol. The van der Waals surface area contributed by atoms with Crippen LogP contribution >= 0.6 is 0 Å². The third-order valence-corrected chi connectivity index (χ3v) is 9.11. The van der Waals surface area contributed by atoms with Crippen molar-refractivity contribution < 1.29 is 44.2 Å². The number of aliphatic hydroxyl groups is 4. The van der Waals surface area contributed by atoms with Gasteiger partial charge in [0.1, 0.15) is 30.5 Å². The van der Waals surface area contributed by atoms with Crippen LogP contribution in [0.25, 0.3) is 0 Å². The van der Waals surface area contributed by atoms with Crippen molar-refractivity contribution in [2.24, 2.45) is 0 Å². The second-order valence-electron chi connectivity index (χ2n) is 14.0. The summed E-state index contributed by atoms with van der Waals surface area (Å²) in [5.41, 5.74) is 0. The standard InChI is InChI=1S/C45H76O9/c1-3-5-7-9-11-13-15-17-19-20-21-22-24-26-28-30-32-34-41(47)53-39(38-52-45-44(50)43(49)42(48)40(36-46)54-45)37-51-35-33-31-29-27-25-23-18-16-14-12-10-8-6-4-2/h6,8,11-14,17-19,23,27,29,39-40,42-46,48-50H,3-5,7,9-10,15-16,20-22,24-26,28,30-38H2,1-2H3/b8-6-,13-11-,14-12-,19-17-,23-18-,29-27-. The molecule has 54 heavy (non-hydrogen) atoms. The number of esters is 1. The Hall–Kier alpha value is -2.37. The number of aliphatic hydroxyl groups excluding tert-OH is 4. The summed E-state index contributed by atoms with van der Waals surface area (Å²) in [6, 6.07) is 0. The Morgan fingerprint density at radius 3 is 1.70 bits per heavy atom. The smallest absolute Gasteiger partial charge is 0.306 e. The maximum Gasteiger partial charge on any atom is 0.306 e. The molecular formula is C45H76O9. The van der Waals surface area contributed by atoms with Crippen molar-refractivity contribution in [3.05, 3.63) is 72.9 Å². The first-order valence-corrected chi connectivity index (χ1v) is 21.0. The lowest BCUT2D eigenvalue weighted by atomic mass is 9.99. The normalized spacial score (nSPS) is 21.6. The number of allylic oxidation sites excluding steroid dienone is 12. The SMILES string of the molecule is CC/C=C\C/C=C\C/C=C\C/C=C\CCCOCC(COC1OC(CO)C(O)C(O)C1O)OC(=O)CCCCCCCCC/C=C\C/C=C\CCCCC. The zero-order chi connectivity index (χ0) is 39.3. The van der Waals surface area contributed by atoms with Gasteiger partial charge in [-0.1, -0.05) is 132 Å². The van der Waals surface area contributed by atoms with Gasteiger partial charge in [0.2, 0.25) is 0 Å². The van der Waals surface area contributed by atoms with Gasteiger partial charge in [-0.3, -0.25) is 4.79 Å². The fourth-order valence-electron chi connectivity index (χ4n) is 5.82. The molecular weight excluding hydrogens is 684 g/mol.